The Bertz CT molecular complexity index is 1290. The summed E-state index contributed by atoms with van der Waals surface area (Å²) in [4.78, 5) is 14.0. The largest absolute Gasteiger partial charge is 0.494 e. The number of nitrogens with one attached hydrogen (secondary N) is 1. The Labute approximate surface area is 184 Å². The number of nitrogens with zero attached hydrogens (tertiary/aromatic N) is 6. The molecule has 0 amide bonds. The van der Waals surface area contributed by atoms with Crippen LogP contribution in [-0.4, -0.2) is 76.9 Å². The number of aromatic nitrogens is 4. The van der Waals surface area contributed by atoms with Gasteiger partial charge in [0.05, 0.1) is 36.9 Å². The third-order valence-electron chi connectivity index (χ3n) is 6.60. The molecular formula is C23H24FN7O. The molecule has 0 bridgehead atoms. The van der Waals surface area contributed by atoms with Gasteiger partial charge in [-0.25, -0.2) is 13.9 Å². The average molecular weight is 433 g/mol. The smallest absolute Gasteiger partial charge is 0.167 e. The number of methoxy groups -OCH3 is 1. The van der Waals surface area contributed by atoms with E-state index in [4.69, 9.17) is 9.72 Å². The number of piperazine rings is 1. The second kappa shape index (κ2) is 7.68. The maximum Gasteiger partial charge on any atom is 0.167 e. The number of anilines is 1. The number of pyridine rings is 1. The first-order chi connectivity index (χ1) is 15.7. The third kappa shape index (κ3) is 3.16. The van der Waals surface area contributed by atoms with Gasteiger partial charge in [0, 0.05) is 68.5 Å². The molecule has 164 valence electrons. The Morgan fingerprint density at radius 3 is 2.66 bits per heavy atom. The number of ether oxygens (including phenoxy) is 1. The van der Waals surface area contributed by atoms with Crippen LogP contribution in [0.1, 0.15) is 0 Å². The van der Waals surface area contributed by atoms with Crippen molar-refractivity contribution < 1.29 is 9.13 Å². The quantitative estimate of drug-likeness (QED) is 0.529. The number of halogens is 1. The van der Waals surface area contributed by atoms with Gasteiger partial charge in [-0.05, 0) is 17.7 Å². The van der Waals surface area contributed by atoms with E-state index < -0.39 is 5.82 Å². The zero-order chi connectivity index (χ0) is 21.7. The van der Waals surface area contributed by atoms with Gasteiger partial charge >= 0.3 is 0 Å². The van der Waals surface area contributed by atoms with Gasteiger partial charge in [0.25, 0.3) is 0 Å². The zero-order valence-corrected chi connectivity index (χ0v) is 17.8. The van der Waals surface area contributed by atoms with Crippen LogP contribution < -0.4 is 15.0 Å². The predicted molar refractivity (Wildman–Crippen MR) is 121 cm³/mol. The molecule has 5 heterocycles. The van der Waals surface area contributed by atoms with Gasteiger partial charge in [-0.1, -0.05) is 0 Å². The molecule has 0 atom stereocenters. The fraction of sp³-hybridized carbons (Fsp3) is 0.348. The van der Waals surface area contributed by atoms with E-state index in [1.54, 1.807) is 18.5 Å². The number of hydrogen-bond donors (Lipinski definition) is 1. The SMILES string of the molecule is COc1cc2c(-c3cnn4cc(N5CCN(C6CNC6)CC5)cnc34)ccnc2cc1F. The summed E-state index contributed by atoms with van der Waals surface area (Å²) in [6.07, 6.45) is 7.44. The second-order valence-corrected chi connectivity index (χ2v) is 8.34. The monoisotopic (exact) mass is 433 g/mol. The summed E-state index contributed by atoms with van der Waals surface area (Å²) in [5, 5.41) is 8.72. The first-order valence-electron chi connectivity index (χ1n) is 10.9. The molecule has 6 rings (SSSR count). The van der Waals surface area contributed by atoms with Crippen LogP contribution in [0.25, 0.3) is 27.7 Å². The van der Waals surface area contributed by atoms with Crippen molar-refractivity contribution in [2.75, 3.05) is 51.3 Å². The Hall–Kier alpha value is -3.30. The van der Waals surface area contributed by atoms with E-state index in [9.17, 15) is 4.39 Å². The first-order valence-corrected chi connectivity index (χ1v) is 10.9. The summed E-state index contributed by atoms with van der Waals surface area (Å²) in [5.74, 6) is -0.240. The molecule has 0 unspecified atom stereocenters. The lowest BCUT2D eigenvalue weighted by Gasteiger charge is -2.43. The molecule has 2 saturated heterocycles. The van der Waals surface area contributed by atoms with E-state index in [0.29, 0.717) is 11.6 Å². The highest BCUT2D eigenvalue weighted by molar-refractivity contribution is 5.98. The van der Waals surface area contributed by atoms with Gasteiger partial charge in [-0.15, -0.1) is 0 Å². The second-order valence-electron chi connectivity index (χ2n) is 8.34. The van der Waals surface area contributed by atoms with Crippen LogP contribution in [0.2, 0.25) is 0 Å². The van der Waals surface area contributed by atoms with E-state index in [1.165, 1.54) is 13.2 Å². The minimum atomic E-state index is -0.430. The highest BCUT2D eigenvalue weighted by atomic mass is 19.1. The summed E-state index contributed by atoms with van der Waals surface area (Å²) in [7, 11) is 1.46. The van der Waals surface area contributed by atoms with Crippen molar-refractivity contribution in [1.29, 1.82) is 0 Å². The van der Waals surface area contributed by atoms with Crippen LogP contribution in [0.4, 0.5) is 10.1 Å². The predicted octanol–water partition coefficient (Wildman–Crippen LogP) is 2.19. The van der Waals surface area contributed by atoms with E-state index in [2.05, 4.69) is 25.2 Å². The molecular weight excluding hydrogens is 409 g/mol. The molecule has 1 aromatic carbocycles. The van der Waals surface area contributed by atoms with Crippen molar-refractivity contribution >= 4 is 22.2 Å². The molecule has 0 aliphatic carbocycles. The van der Waals surface area contributed by atoms with Gasteiger partial charge in [-0.3, -0.25) is 9.88 Å². The molecule has 1 N–H and O–H groups in total. The third-order valence-corrected chi connectivity index (χ3v) is 6.60. The maximum absolute atomic E-state index is 14.2. The Balaban J connectivity index is 1.32. The van der Waals surface area contributed by atoms with Crippen molar-refractivity contribution in [3.8, 4) is 16.9 Å². The highest BCUT2D eigenvalue weighted by Crippen LogP contribution is 2.33. The van der Waals surface area contributed by atoms with E-state index >= 15 is 0 Å². The van der Waals surface area contributed by atoms with Gasteiger partial charge in [-0.2, -0.15) is 5.10 Å². The molecule has 9 heteroatoms. The lowest BCUT2D eigenvalue weighted by atomic mass is 10.0. The van der Waals surface area contributed by atoms with E-state index in [0.717, 1.165) is 67.1 Å². The summed E-state index contributed by atoms with van der Waals surface area (Å²) >= 11 is 0. The average Bonchev–Trinajstić information content (AvgIpc) is 3.20. The van der Waals surface area contributed by atoms with Crippen molar-refractivity contribution in [2.24, 2.45) is 0 Å². The fourth-order valence-corrected chi connectivity index (χ4v) is 4.63. The number of benzene rings is 1. The summed E-state index contributed by atoms with van der Waals surface area (Å²) in [5.41, 5.74) is 4.16. The molecule has 32 heavy (non-hydrogen) atoms. The van der Waals surface area contributed by atoms with Crippen LogP contribution in [-0.2, 0) is 0 Å². The Morgan fingerprint density at radius 1 is 1.06 bits per heavy atom. The van der Waals surface area contributed by atoms with Crippen LogP contribution in [0.15, 0.2) is 43.0 Å². The lowest BCUT2D eigenvalue weighted by Crippen LogP contribution is -2.61. The first kappa shape index (κ1) is 19.4. The van der Waals surface area contributed by atoms with Crippen LogP contribution in [0.3, 0.4) is 0 Å². The standard InChI is InChI=1S/C23H24FN7O/c1-32-22-8-18-17(2-3-26-21(18)9-20(22)24)19-13-28-31-14-16(12-27-23(19)31)30-6-4-29(5-7-30)15-10-25-11-15/h2-3,8-9,12-15,25H,4-7,10-11H2,1H3. The molecule has 3 aromatic heterocycles. The van der Waals surface area contributed by atoms with Crippen molar-refractivity contribution in [1.82, 2.24) is 29.8 Å². The Morgan fingerprint density at radius 2 is 1.91 bits per heavy atom. The highest BCUT2D eigenvalue weighted by Gasteiger charge is 2.28. The van der Waals surface area contributed by atoms with Gasteiger partial charge in [0.1, 0.15) is 0 Å². The van der Waals surface area contributed by atoms with E-state index in [-0.39, 0.29) is 5.75 Å². The zero-order valence-electron chi connectivity index (χ0n) is 17.8. The molecule has 8 nitrogen and oxygen atoms in total. The van der Waals surface area contributed by atoms with Crippen molar-refractivity contribution in [2.45, 2.75) is 6.04 Å². The van der Waals surface area contributed by atoms with Gasteiger partial charge < -0.3 is 15.0 Å². The molecule has 4 aromatic rings. The minimum Gasteiger partial charge on any atom is -0.494 e. The van der Waals surface area contributed by atoms with Gasteiger partial charge in [0.2, 0.25) is 0 Å². The normalized spacial score (nSPS) is 17.8. The number of rotatable bonds is 4. The Kier molecular flexibility index (Phi) is 4.65. The maximum atomic E-state index is 14.2. The summed E-state index contributed by atoms with van der Waals surface area (Å²) in [6.45, 7) is 6.31. The molecule has 0 radical (unpaired) electrons. The molecule has 0 spiro atoms. The van der Waals surface area contributed by atoms with Gasteiger partial charge in [0.15, 0.2) is 17.2 Å². The number of hydrogen-bond acceptors (Lipinski definition) is 7. The molecule has 2 fully saturated rings. The molecule has 2 aliphatic heterocycles. The topological polar surface area (TPSA) is 70.8 Å². The van der Waals surface area contributed by atoms with E-state index in [1.807, 2.05) is 23.0 Å². The lowest BCUT2D eigenvalue weighted by molar-refractivity contribution is 0.138. The molecule has 2 aliphatic rings. The van der Waals surface area contributed by atoms with Crippen LogP contribution >= 0.6 is 0 Å². The number of fused-ring (bicyclic) bond motifs is 2. The summed E-state index contributed by atoms with van der Waals surface area (Å²) in [6, 6.07) is 5.67. The summed E-state index contributed by atoms with van der Waals surface area (Å²) < 4.78 is 21.2. The van der Waals surface area contributed by atoms with Crippen LogP contribution in [0.5, 0.6) is 5.75 Å². The van der Waals surface area contributed by atoms with Crippen molar-refractivity contribution in [3.63, 3.8) is 0 Å². The minimum absolute atomic E-state index is 0.190. The fourth-order valence-electron chi connectivity index (χ4n) is 4.63. The van der Waals surface area contributed by atoms with Crippen molar-refractivity contribution in [3.05, 3.63) is 48.8 Å². The van der Waals surface area contributed by atoms with Crippen LogP contribution in [0, 0.1) is 5.82 Å². The molecule has 0 saturated carbocycles.